The highest BCUT2D eigenvalue weighted by Crippen LogP contribution is 2.45. The first-order valence-corrected chi connectivity index (χ1v) is 9.34. The van der Waals surface area contributed by atoms with Crippen molar-refractivity contribution in [2.45, 2.75) is 30.6 Å². The molecule has 162 valence electrons. The number of alkyl halides is 4. The summed E-state index contributed by atoms with van der Waals surface area (Å²) in [4.78, 5) is 7.66. The molecule has 0 atom stereocenters. The summed E-state index contributed by atoms with van der Waals surface area (Å²) in [7, 11) is 0. The van der Waals surface area contributed by atoms with Crippen LogP contribution in [0.1, 0.15) is 24.1 Å². The Labute approximate surface area is 173 Å². The van der Waals surface area contributed by atoms with Crippen LogP contribution in [0.25, 0.3) is 11.3 Å². The van der Waals surface area contributed by atoms with E-state index in [1.165, 1.54) is 36.7 Å². The molecule has 3 heterocycles. The fourth-order valence-electron chi connectivity index (χ4n) is 3.67. The van der Waals surface area contributed by atoms with Gasteiger partial charge >= 0.3 is 6.18 Å². The van der Waals surface area contributed by atoms with Gasteiger partial charge in [0.2, 0.25) is 0 Å². The van der Waals surface area contributed by atoms with Gasteiger partial charge in [0, 0.05) is 29.9 Å². The van der Waals surface area contributed by atoms with Gasteiger partial charge in [-0.3, -0.25) is 4.98 Å². The molecule has 3 aromatic heterocycles. The van der Waals surface area contributed by atoms with E-state index in [0.29, 0.717) is 5.82 Å². The molecule has 6 nitrogen and oxygen atoms in total. The average molecular weight is 436 g/mol. The number of nitrogens with one attached hydrogen (secondary N) is 1. The topological polar surface area (TPSA) is 89.6 Å². The third-order valence-electron chi connectivity index (χ3n) is 5.28. The largest absolute Gasteiger partial charge is 0.419 e. The maximum atomic E-state index is 14.2. The number of nitrogen functional groups attached to an aromatic ring is 1. The molecule has 1 saturated carbocycles. The molecular formula is C20H17F5N6. The molecule has 0 unspecified atom stereocenters. The van der Waals surface area contributed by atoms with Crippen LogP contribution in [0.2, 0.25) is 0 Å². The third-order valence-corrected chi connectivity index (χ3v) is 5.28. The van der Waals surface area contributed by atoms with Gasteiger partial charge < -0.3 is 11.1 Å². The summed E-state index contributed by atoms with van der Waals surface area (Å²) in [6.07, 6.45) is -2.81. The van der Waals surface area contributed by atoms with Gasteiger partial charge in [-0.05, 0) is 43.2 Å². The van der Waals surface area contributed by atoms with Crippen LogP contribution in [0.5, 0.6) is 0 Å². The highest BCUT2D eigenvalue weighted by atomic mass is 19.4. The Morgan fingerprint density at radius 1 is 1.13 bits per heavy atom. The summed E-state index contributed by atoms with van der Waals surface area (Å²) in [5.41, 5.74) is 3.90. The lowest BCUT2D eigenvalue weighted by atomic mass is 9.65. The summed E-state index contributed by atoms with van der Waals surface area (Å²) in [6.45, 7) is 0.178. The van der Waals surface area contributed by atoms with E-state index in [1.807, 2.05) is 0 Å². The zero-order chi connectivity index (χ0) is 22.2. The summed E-state index contributed by atoms with van der Waals surface area (Å²) in [6, 6.07) is 6.58. The van der Waals surface area contributed by atoms with Gasteiger partial charge in [-0.2, -0.15) is 13.2 Å². The second kappa shape index (κ2) is 7.71. The predicted molar refractivity (Wildman–Crippen MR) is 103 cm³/mol. The lowest BCUT2D eigenvalue weighted by molar-refractivity contribution is -0.137. The molecule has 0 spiro atoms. The van der Waals surface area contributed by atoms with Gasteiger partial charge in [-0.15, -0.1) is 10.2 Å². The summed E-state index contributed by atoms with van der Waals surface area (Å²) >= 11 is 0. The second-order valence-corrected chi connectivity index (χ2v) is 7.43. The van der Waals surface area contributed by atoms with Gasteiger partial charge in [-0.25, -0.2) is 13.8 Å². The fourth-order valence-corrected chi connectivity index (χ4v) is 3.67. The van der Waals surface area contributed by atoms with Gasteiger partial charge in [0.25, 0.3) is 0 Å². The van der Waals surface area contributed by atoms with Crippen LogP contribution in [-0.4, -0.2) is 32.9 Å². The predicted octanol–water partition coefficient (Wildman–Crippen LogP) is 4.16. The Balaban J connectivity index is 1.51. The normalized spacial score (nSPS) is 20.9. The van der Waals surface area contributed by atoms with Crippen molar-refractivity contribution in [3.63, 3.8) is 0 Å². The number of halogens is 5. The minimum absolute atomic E-state index is 0.104. The molecule has 1 aliphatic carbocycles. The van der Waals surface area contributed by atoms with Crippen LogP contribution >= 0.6 is 0 Å². The number of aromatic nitrogens is 4. The van der Waals surface area contributed by atoms with Crippen molar-refractivity contribution >= 4 is 11.6 Å². The van der Waals surface area contributed by atoms with Crippen LogP contribution in [0, 0.1) is 5.82 Å². The van der Waals surface area contributed by atoms with Crippen molar-refractivity contribution in [3.8, 4) is 11.3 Å². The van der Waals surface area contributed by atoms with E-state index >= 15 is 0 Å². The zero-order valence-electron chi connectivity index (χ0n) is 16.0. The molecule has 11 heteroatoms. The van der Waals surface area contributed by atoms with E-state index < -0.39 is 35.0 Å². The van der Waals surface area contributed by atoms with E-state index in [1.54, 1.807) is 0 Å². The summed E-state index contributed by atoms with van der Waals surface area (Å²) in [5, 5.41) is 10.9. The number of hydrogen-bond donors (Lipinski definition) is 2. The van der Waals surface area contributed by atoms with Crippen LogP contribution < -0.4 is 11.1 Å². The summed E-state index contributed by atoms with van der Waals surface area (Å²) < 4.78 is 66.9. The molecule has 3 N–H and O–H groups in total. The SMILES string of the molecule is Nc1ncc(-c2ccc(NC[C@]3(c4ncccc4F)C[C@H](F)C3)nn2)cc1C(F)(F)F. The first-order valence-electron chi connectivity index (χ1n) is 9.34. The standard InChI is InChI=1S/C20H17F5N6/c21-12-7-19(8-12,17-14(22)2-1-5-27-17)10-29-16-4-3-15(30-31-16)11-6-13(20(23,24)25)18(26)28-9-11/h1-6,9,12H,7-8,10H2,(H2,26,28)(H,29,31)/t12-,19-. The second-order valence-electron chi connectivity index (χ2n) is 7.43. The fraction of sp³-hybridized carbons (Fsp3) is 0.300. The molecule has 0 aliphatic heterocycles. The maximum Gasteiger partial charge on any atom is 0.419 e. The first-order chi connectivity index (χ1) is 14.7. The molecule has 31 heavy (non-hydrogen) atoms. The zero-order valence-corrected chi connectivity index (χ0v) is 16.0. The highest BCUT2D eigenvalue weighted by molar-refractivity contribution is 5.62. The monoisotopic (exact) mass is 436 g/mol. The van der Waals surface area contributed by atoms with Crippen molar-refractivity contribution in [3.05, 3.63) is 59.8 Å². The number of nitrogens with zero attached hydrogens (tertiary/aromatic N) is 4. The quantitative estimate of drug-likeness (QED) is 0.584. The van der Waals surface area contributed by atoms with Crippen molar-refractivity contribution in [2.24, 2.45) is 0 Å². The van der Waals surface area contributed by atoms with Crippen LogP contribution in [0.15, 0.2) is 42.7 Å². The minimum Gasteiger partial charge on any atom is -0.383 e. The third kappa shape index (κ3) is 4.12. The van der Waals surface area contributed by atoms with Crippen LogP contribution in [-0.2, 0) is 11.6 Å². The molecule has 4 rings (SSSR count). The van der Waals surface area contributed by atoms with Gasteiger partial charge in [0.15, 0.2) is 0 Å². The molecule has 0 radical (unpaired) electrons. The number of anilines is 2. The molecular weight excluding hydrogens is 419 g/mol. The van der Waals surface area contributed by atoms with Crippen LogP contribution in [0.3, 0.4) is 0 Å². The van der Waals surface area contributed by atoms with Crippen molar-refractivity contribution in [1.82, 2.24) is 20.2 Å². The Hall–Kier alpha value is -3.37. The van der Waals surface area contributed by atoms with Gasteiger partial charge in [0.1, 0.15) is 23.6 Å². The number of pyridine rings is 2. The Kier molecular flexibility index (Phi) is 5.19. The van der Waals surface area contributed by atoms with Gasteiger partial charge in [-0.1, -0.05) is 0 Å². The van der Waals surface area contributed by atoms with Crippen molar-refractivity contribution < 1.29 is 22.0 Å². The summed E-state index contributed by atoms with van der Waals surface area (Å²) in [5.74, 6) is -0.823. The van der Waals surface area contributed by atoms with Crippen molar-refractivity contribution in [2.75, 3.05) is 17.6 Å². The minimum atomic E-state index is -4.64. The van der Waals surface area contributed by atoms with E-state index in [2.05, 4.69) is 25.5 Å². The molecule has 0 saturated heterocycles. The number of hydrogen-bond acceptors (Lipinski definition) is 6. The highest BCUT2D eigenvalue weighted by Gasteiger charge is 2.48. The Morgan fingerprint density at radius 3 is 2.52 bits per heavy atom. The molecule has 3 aromatic rings. The average Bonchev–Trinajstić information content (AvgIpc) is 2.71. The molecule has 0 bridgehead atoms. The van der Waals surface area contributed by atoms with Crippen molar-refractivity contribution in [1.29, 1.82) is 0 Å². The van der Waals surface area contributed by atoms with Crippen LogP contribution in [0.4, 0.5) is 33.6 Å². The molecule has 1 fully saturated rings. The first kappa shape index (κ1) is 20.9. The van der Waals surface area contributed by atoms with E-state index in [4.69, 9.17) is 5.73 Å². The lowest BCUT2D eigenvalue weighted by Crippen LogP contribution is -2.49. The smallest absolute Gasteiger partial charge is 0.383 e. The number of nitrogens with two attached hydrogens (primary N) is 1. The Bertz CT molecular complexity index is 1080. The Morgan fingerprint density at radius 2 is 1.90 bits per heavy atom. The van der Waals surface area contributed by atoms with Gasteiger partial charge in [0.05, 0.1) is 17.0 Å². The van der Waals surface area contributed by atoms with E-state index in [9.17, 15) is 22.0 Å². The molecule has 0 amide bonds. The molecule has 1 aliphatic rings. The molecule has 0 aromatic carbocycles. The lowest BCUT2D eigenvalue weighted by Gasteiger charge is -2.43. The maximum absolute atomic E-state index is 14.2. The van der Waals surface area contributed by atoms with E-state index in [0.717, 1.165) is 6.07 Å². The number of rotatable bonds is 5. The van der Waals surface area contributed by atoms with E-state index in [-0.39, 0.29) is 36.3 Å².